The van der Waals surface area contributed by atoms with E-state index in [-0.39, 0.29) is 6.61 Å². The molecular weight excluding hydrogens is 396 g/mol. The van der Waals surface area contributed by atoms with Crippen LogP contribution in [0.25, 0.3) is 0 Å². The van der Waals surface area contributed by atoms with Crippen molar-refractivity contribution in [2.45, 2.75) is 26.2 Å². The van der Waals surface area contributed by atoms with Crippen molar-refractivity contribution in [3.63, 3.8) is 0 Å². The molecule has 0 radical (unpaired) electrons. The van der Waals surface area contributed by atoms with Gasteiger partial charge in [0.15, 0.2) is 0 Å². The molecule has 0 saturated heterocycles. The molecule has 1 aromatic carbocycles. The van der Waals surface area contributed by atoms with Crippen LogP contribution in [0, 0.1) is 0 Å². The topological polar surface area (TPSA) is 111 Å². The number of alkyl carbamates (subject to hydrolysis) is 1. The molecule has 0 fully saturated rings. The maximum absolute atomic E-state index is 12.6. The maximum atomic E-state index is 12.6. The first-order chi connectivity index (χ1) is 13.9. The summed E-state index contributed by atoms with van der Waals surface area (Å²) < 4.78 is 9.41. The average Bonchev–Trinajstić information content (AvgIpc) is 3.28. The summed E-state index contributed by atoms with van der Waals surface area (Å²) in [6.45, 7) is 1.79. The average molecular weight is 416 g/mol. The zero-order valence-electron chi connectivity index (χ0n) is 16.0. The molecule has 0 bridgehead atoms. The number of amides is 3. The van der Waals surface area contributed by atoms with E-state index in [1.165, 1.54) is 42.7 Å². The molecule has 0 spiro atoms. The summed E-state index contributed by atoms with van der Waals surface area (Å²) in [5.41, 5.74) is 1.81. The number of benzene rings is 1. The van der Waals surface area contributed by atoms with Crippen molar-refractivity contribution in [1.82, 2.24) is 5.32 Å². The highest BCUT2D eigenvalue weighted by molar-refractivity contribution is 7.17. The lowest BCUT2D eigenvalue weighted by atomic mass is 10.1. The lowest BCUT2D eigenvalue weighted by Crippen LogP contribution is -2.32. The number of thiophene rings is 1. The number of rotatable bonds is 5. The standard InChI is InChI=1S/C20H20N2O6S/c1-3-28-20(26)22-17(24)15-13-5-4-6-14(13)29-18(15)21-16(23)11-7-9-12(10-8-11)19(25)27-2/h7-10H,3-6H2,1-2H3,(H,21,23)(H,22,24,26). The van der Waals surface area contributed by atoms with E-state index in [0.29, 0.717) is 28.1 Å². The lowest BCUT2D eigenvalue weighted by molar-refractivity contribution is 0.0600. The van der Waals surface area contributed by atoms with Crippen molar-refractivity contribution in [2.24, 2.45) is 0 Å². The molecule has 8 nitrogen and oxygen atoms in total. The van der Waals surface area contributed by atoms with Crippen LogP contribution in [0.1, 0.15) is 54.9 Å². The Morgan fingerprint density at radius 3 is 2.38 bits per heavy atom. The summed E-state index contributed by atoms with van der Waals surface area (Å²) in [6, 6.07) is 5.98. The largest absolute Gasteiger partial charge is 0.465 e. The number of anilines is 1. The number of ether oxygens (including phenoxy) is 2. The normalized spacial score (nSPS) is 12.1. The number of fused-ring (bicyclic) bond motifs is 1. The third-order valence-electron chi connectivity index (χ3n) is 4.43. The Morgan fingerprint density at radius 2 is 1.72 bits per heavy atom. The second-order valence-electron chi connectivity index (χ2n) is 6.26. The van der Waals surface area contributed by atoms with Crippen LogP contribution >= 0.6 is 11.3 Å². The molecule has 0 aliphatic heterocycles. The Morgan fingerprint density at radius 1 is 1.03 bits per heavy atom. The first-order valence-electron chi connectivity index (χ1n) is 9.07. The Labute approximate surface area is 171 Å². The van der Waals surface area contributed by atoms with Gasteiger partial charge >= 0.3 is 12.1 Å². The van der Waals surface area contributed by atoms with Gasteiger partial charge in [-0.2, -0.15) is 0 Å². The van der Waals surface area contributed by atoms with Crippen molar-refractivity contribution in [1.29, 1.82) is 0 Å². The van der Waals surface area contributed by atoms with E-state index in [1.807, 2.05) is 0 Å². The summed E-state index contributed by atoms with van der Waals surface area (Å²) in [6.07, 6.45) is 1.63. The van der Waals surface area contributed by atoms with Gasteiger partial charge in [-0.1, -0.05) is 0 Å². The van der Waals surface area contributed by atoms with E-state index in [9.17, 15) is 19.2 Å². The van der Waals surface area contributed by atoms with E-state index < -0.39 is 23.9 Å². The Hall–Kier alpha value is -3.20. The van der Waals surface area contributed by atoms with Gasteiger partial charge in [-0.05, 0) is 56.0 Å². The summed E-state index contributed by atoms with van der Waals surface area (Å²) in [5.74, 6) is -1.52. The first kappa shape index (κ1) is 20.5. The van der Waals surface area contributed by atoms with Crippen molar-refractivity contribution in [2.75, 3.05) is 19.0 Å². The Balaban J connectivity index is 1.82. The van der Waals surface area contributed by atoms with Gasteiger partial charge in [0, 0.05) is 10.4 Å². The van der Waals surface area contributed by atoms with Crippen LogP contribution in [-0.4, -0.2) is 37.6 Å². The van der Waals surface area contributed by atoms with E-state index in [0.717, 1.165) is 23.3 Å². The number of esters is 1. The predicted molar refractivity (Wildman–Crippen MR) is 107 cm³/mol. The van der Waals surface area contributed by atoms with Gasteiger partial charge in [-0.3, -0.25) is 14.9 Å². The third kappa shape index (κ3) is 4.45. The number of imide groups is 1. The fourth-order valence-corrected chi connectivity index (χ4v) is 4.39. The number of nitrogens with one attached hydrogen (secondary N) is 2. The molecule has 1 aliphatic rings. The third-order valence-corrected chi connectivity index (χ3v) is 5.64. The van der Waals surface area contributed by atoms with Crippen LogP contribution in [0.4, 0.5) is 9.80 Å². The number of carbonyl (C=O) groups excluding carboxylic acids is 4. The quantitative estimate of drug-likeness (QED) is 0.725. The smallest absolute Gasteiger partial charge is 0.414 e. The van der Waals surface area contributed by atoms with Gasteiger partial charge in [0.2, 0.25) is 0 Å². The molecule has 152 valence electrons. The summed E-state index contributed by atoms with van der Waals surface area (Å²) >= 11 is 1.33. The predicted octanol–water partition coefficient (Wildman–Crippen LogP) is 3.16. The minimum Gasteiger partial charge on any atom is -0.465 e. The fourth-order valence-electron chi connectivity index (χ4n) is 3.11. The molecule has 9 heteroatoms. The van der Waals surface area contributed by atoms with Gasteiger partial charge < -0.3 is 14.8 Å². The second kappa shape index (κ2) is 8.87. The molecule has 0 unspecified atom stereocenters. The summed E-state index contributed by atoms with van der Waals surface area (Å²) in [5, 5.41) is 5.34. The zero-order valence-corrected chi connectivity index (χ0v) is 16.8. The molecule has 0 atom stereocenters. The number of hydrogen-bond acceptors (Lipinski definition) is 7. The highest BCUT2D eigenvalue weighted by Crippen LogP contribution is 2.39. The van der Waals surface area contributed by atoms with Crippen LogP contribution in [0.15, 0.2) is 24.3 Å². The van der Waals surface area contributed by atoms with Gasteiger partial charge in [0.1, 0.15) is 5.00 Å². The van der Waals surface area contributed by atoms with Crippen LogP contribution < -0.4 is 10.6 Å². The minimum atomic E-state index is -0.828. The zero-order chi connectivity index (χ0) is 21.0. The van der Waals surface area contributed by atoms with Gasteiger partial charge in [0.25, 0.3) is 11.8 Å². The van der Waals surface area contributed by atoms with E-state index in [4.69, 9.17) is 4.74 Å². The highest BCUT2D eigenvalue weighted by Gasteiger charge is 2.28. The molecule has 29 heavy (non-hydrogen) atoms. The number of carbonyl (C=O) groups is 4. The SMILES string of the molecule is CCOC(=O)NC(=O)c1c(NC(=O)c2ccc(C(=O)OC)cc2)sc2c1CCC2. The molecule has 3 amide bonds. The van der Waals surface area contributed by atoms with Gasteiger partial charge in [-0.15, -0.1) is 11.3 Å². The van der Waals surface area contributed by atoms with E-state index in [1.54, 1.807) is 6.92 Å². The number of hydrogen-bond donors (Lipinski definition) is 2. The fraction of sp³-hybridized carbons (Fsp3) is 0.300. The Kier molecular flexibility index (Phi) is 6.28. The molecule has 1 aromatic heterocycles. The molecular formula is C20H20N2O6S. The van der Waals surface area contributed by atoms with Crippen LogP contribution in [0.5, 0.6) is 0 Å². The summed E-state index contributed by atoms with van der Waals surface area (Å²) in [4.78, 5) is 49.5. The Bertz CT molecular complexity index is 964. The van der Waals surface area contributed by atoms with E-state index in [2.05, 4.69) is 15.4 Å². The van der Waals surface area contributed by atoms with Gasteiger partial charge in [-0.25, -0.2) is 9.59 Å². The van der Waals surface area contributed by atoms with Crippen molar-refractivity contribution < 1.29 is 28.7 Å². The van der Waals surface area contributed by atoms with Crippen LogP contribution in [0.2, 0.25) is 0 Å². The number of methoxy groups -OCH3 is 1. The molecule has 3 rings (SSSR count). The molecule has 1 aliphatic carbocycles. The van der Waals surface area contributed by atoms with Crippen LogP contribution in [-0.2, 0) is 22.3 Å². The second-order valence-corrected chi connectivity index (χ2v) is 7.36. The van der Waals surface area contributed by atoms with E-state index >= 15 is 0 Å². The monoisotopic (exact) mass is 416 g/mol. The van der Waals surface area contributed by atoms with Crippen molar-refractivity contribution >= 4 is 40.2 Å². The maximum Gasteiger partial charge on any atom is 0.414 e. The minimum absolute atomic E-state index is 0.145. The lowest BCUT2D eigenvalue weighted by Gasteiger charge is -2.09. The van der Waals surface area contributed by atoms with Crippen LogP contribution in [0.3, 0.4) is 0 Å². The highest BCUT2D eigenvalue weighted by atomic mass is 32.1. The molecule has 0 saturated carbocycles. The van der Waals surface area contributed by atoms with Crippen molar-refractivity contribution in [3.05, 3.63) is 51.4 Å². The van der Waals surface area contributed by atoms with Gasteiger partial charge in [0.05, 0.1) is 24.8 Å². The number of aryl methyl sites for hydroxylation is 1. The summed E-state index contributed by atoms with van der Waals surface area (Å²) in [7, 11) is 1.28. The molecule has 2 aromatic rings. The molecule has 1 heterocycles. The molecule has 2 N–H and O–H groups in total. The first-order valence-corrected chi connectivity index (χ1v) is 9.88. The van der Waals surface area contributed by atoms with Crippen molar-refractivity contribution in [3.8, 4) is 0 Å².